The van der Waals surface area contributed by atoms with Crippen LogP contribution in [0.4, 0.5) is 0 Å². The van der Waals surface area contributed by atoms with Crippen molar-refractivity contribution < 1.29 is 5.11 Å². The van der Waals surface area contributed by atoms with Crippen LogP contribution >= 0.6 is 0 Å². The number of hydrogen-bond acceptors (Lipinski definition) is 2. The lowest BCUT2D eigenvalue weighted by atomic mass is 10.0. The summed E-state index contributed by atoms with van der Waals surface area (Å²) in [6, 6.07) is 16.9. The molecule has 0 aliphatic heterocycles. The molecule has 0 aliphatic carbocycles. The first-order chi connectivity index (χ1) is 10.6. The molecular formula is C19H22N2O. The quantitative estimate of drug-likeness (QED) is 0.780. The van der Waals surface area contributed by atoms with E-state index in [1.54, 1.807) is 0 Å². The van der Waals surface area contributed by atoms with Gasteiger partial charge in [-0.05, 0) is 36.1 Å². The Labute approximate surface area is 131 Å². The van der Waals surface area contributed by atoms with Crippen LogP contribution in [0.25, 0.3) is 11.0 Å². The standard InChI is InChI=1S/C19H22N2O/c1-13(2)16-9-10-18-17(11-16)20-19(12-22)21(18)14(3)15-7-5-4-6-8-15/h4-11,13-14,22H,12H2,1-3H3. The van der Waals surface area contributed by atoms with E-state index in [1.807, 2.05) is 18.2 Å². The number of benzene rings is 2. The van der Waals surface area contributed by atoms with Crippen LogP contribution in [0.3, 0.4) is 0 Å². The van der Waals surface area contributed by atoms with E-state index in [0.29, 0.717) is 11.7 Å². The van der Waals surface area contributed by atoms with Crippen molar-refractivity contribution in [3.63, 3.8) is 0 Å². The van der Waals surface area contributed by atoms with Crippen molar-refractivity contribution in [1.82, 2.24) is 9.55 Å². The molecule has 2 aromatic carbocycles. The maximum atomic E-state index is 9.71. The second-order valence-electron chi connectivity index (χ2n) is 6.05. The highest BCUT2D eigenvalue weighted by atomic mass is 16.3. The van der Waals surface area contributed by atoms with E-state index in [0.717, 1.165) is 11.0 Å². The minimum absolute atomic E-state index is 0.0527. The molecule has 3 heteroatoms. The SMILES string of the molecule is CC(C)c1ccc2c(c1)nc(CO)n2C(C)c1ccccc1. The predicted molar refractivity (Wildman–Crippen MR) is 90.0 cm³/mol. The smallest absolute Gasteiger partial charge is 0.136 e. The molecule has 0 radical (unpaired) electrons. The molecule has 0 fully saturated rings. The average Bonchev–Trinajstić information content (AvgIpc) is 2.92. The summed E-state index contributed by atoms with van der Waals surface area (Å²) in [7, 11) is 0. The zero-order valence-corrected chi connectivity index (χ0v) is 13.3. The van der Waals surface area contributed by atoms with E-state index in [9.17, 15) is 5.11 Å². The molecule has 1 unspecified atom stereocenters. The fraction of sp³-hybridized carbons (Fsp3) is 0.316. The summed E-state index contributed by atoms with van der Waals surface area (Å²) >= 11 is 0. The molecule has 0 bridgehead atoms. The molecule has 1 atom stereocenters. The van der Waals surface area contributed by atoms with Gasteiger partial charge in [-0.25, -0.2) is 4.98 Å². The van der Waals surface area contributed by atoms with Gasteiger partial charge < -0.3 is 9.67 Å². The highest BCUT2D eigenvalue weighted by molar-refractivity contribution is 5.77. The molecule has 1 heterocycles. The second kappa shape index (κ2) is 5.93. The highest BCUT2D eigenvalue weighted by Crippen LogP contribution is 2.28. The fourth-order valence-electron chi connectivity index (χ4n) is 2.95. The van der Waals surface area contributed by atoms with Crippen LogP contribution in [0.1, 0.15) is 49.7 Å². The molecule has 3 rings (SSSR count). The first-order valence-corrected chi connectivity index (χ1v) is 7.78. The molecule has 0 saturated carbocycles. The largest absolute Gasteiger partial charge is 0.388 e. The van der Waals surface area contributed by atoms with E-state index in [1.165, 1.54) is 11.1 Å². The number of aliphatic hydroxyl groups excluding tert-OH is 1. The van der Waals surface area contributed by atoms with Gasteiger partial charge in [-0.1, -0.05) is 50.2 Å². The van der Waals surface area contributed by atoms with Crippen molar-refractivity contribution >= 4 is 11.0 Å². The van der Waals surface area contributed by atoms with Gasteiger partial charge in [0, 0.05) is 0 Å². The topological polar surface area (TPSA) is 38.1 Å². The monoisotopic (exact) mass is 294 g/mol. The molecule has 22 heavy (non-hydrogen) atoms. The third-order valence-electron chi connectivity index (χ3n) is 4.26. The minimum atomic E-state index is -0.0527. The summed E-state index contributed by atoms with van der Waals surface area (Å²) in [5.74, 6) is 1.19. The Hall–Kier alpha value is -2.13. The molecule has 114 valence electrons. The number of imidazole rings is 1. The van der Waals surface area contributed by atoms with Crippen LogP contribution in [0.5, 0.6) is 0 Å². The number of nitrogens with zero attached hydrogens (tertiary/aromatic N) is 2. The Morgan fingerprint density at radius 1 is 1.00 bits per heavy atom. The van der Waals surface area contributed by atoms with Crippen molar-refractivity contribution in [3.05, 3.63) is 65.5 Å². The number of rotatable bonds is 4. The van der Waals surface area contributed by atoms with E-state index in [-0.39, 0.29) is 12.6 Å². The third-order valence-corrected chi connectivity index (χ3v) is 4.26. The first-order valence-electron chi connectivity index (χ1n) is 7.78. The van der Waals surface area contributed by atoms with Gasteiger partial charge in [0.2, 0.25) is 0 Å². The van der Waals surface area contributed by atoms with Crippen LogP contribution in [-0.4, -0.2) is 14.7 Å². The Bertz CT molecular complexity index is 775. The van der Waals surface area contributed by atoms with Crippen molar-refractivity contribution in [2.45, 2.75) is 39.3 Å². The van der Waals surface area contributed by atoms with Gasteiger partial charge in [0.15, 0.2) is 0 Å². The van der Waals surface area contributed by atoms with Crippen LogP contribution < -0.4 is 0 Å². The van der Waals surface area contributed by atoms with E-state index >= 15 is 0 Å². The summed E-state index contributed by atoms with van der Waals surface area (Å²) in [4.78, 5) is 4.63. The molecule has 3 aromatic rings. The zero-order valence-electron chi connectivity index (χ0n) is 13.3. The normalized spacial score (nSPS) is 13.0. The molecule has 0 amide bonds. The Balaban J connectivity index is 2.15. The summed E-state index contributed by atoms with van der Waals surface area (Å²) in [6.45, 7) is 6.45. The average molecular weight is 294 g/mol. The molecular weight excluding hydrogens is 272 g/mol. The van der Waals surface area contributed by atoms with Crippen molar-refractivity contribution in [2.75, 3.05) is 0 Å². The van der Waals surface area contributed by atoms with Gasteiger partial charge in [0.25, 0.3) is 0 Å². The van der Waals surface area contributed by atoms with Gasteiger partial charge >= 0.3 is 0 Å². The highest BCUT2D eigenvalue weighted by Gasteiger charge is 2.17. The molecule has 0 spiro atoms. The number of fused-ring (bicyclic) bond motifs is 1. The molecule has 3 nitrogen and oxygen atoms in total. The maximum Gasteiger partial charge on any atom is 0.136 e. The summed E-state index contributed by atoms with van der Waals surface area (Å²) in [6.07, 6.45) is 0. The van der Waals surface area contributed by atoms with Crippen LogP contribution in [0, 0.1) is 0 Å². The maximum absolute atomic E-state index is 9.71. The molecule has 1 aromatic heterocycles. The Kier molecular flexibility index (Phi) is 3.99. The van der Waals surface area contributed by atoms with Gasteiger partial charge in [-0.2, -0.15) is 0 Å². The zero-order chi connectivity index (χ0) is 15.7. The van der Waals surface area contributed by atoms with Crippen molar-refractivity contribution in [1.29, 1.82) is 0 Å². The summed E-state index contributed by atoms with van der Waals surface area (Å²) in [5.41, 5.74) is 4.52. The molecule has 1 N–H and O–H groups in total. The van der Waals surface area contributed by atoms with Crippen LogP contribution in [0.2, 0.25) is 0 Å². The lowest BCUT2D eigenvalue weighted by Crippen LogP contribution is -2.10. The summed E-state index contributed by atoms with van der Waals surface area (Å²) < 4.78 is 2.13. The Morgan fingerprint density at radius 2 is 1.73 bits per heavy atom. The van der Waals surface area contributed by atoms with Crippen molar-refractivity contribution in [3.8, 4) is 0 Å². The minimum Gasteiger partial charge on any atom is -0.388 e. The van der Waals surface area contributed by atoms with Gasteiger partial charge in [-0.15, -0.1) is 0 Å². The van der Waals surface area contributed by atoms with Crippen LogP contribution in [-0.2, 0) is 6.61 Å². The second-order valence-corrected chi connectivity index (χ2v) is 6.05. The molecule has 0 aliphatic rings. The third kappa shape index (κ3) is 2.53. The lowest BCUT2D eigenvalue weighted by molar-refractivity contribution is 0.264. The Morgan fingerprint density at radius 3 is 2.36 bits per heavy atom. The predicted octanol–water partition coefficient (Wildman–Crippen LogP) is 4.26. The first kappa shape index (κ1) is 14.8. The van der Waals surface area contributed by atoms with E-state index in [2.05, 4.69) is 60.7 Å². The van der Waals surface area contributed by atoms with Gasteiger partial charge in [-0.3, -0.25) is 0 Å². The van der Waals surface area contributed by atoms with E-state index < -0.39 is 0 Å². The van der Waals surface area contributed by atoms with Gasteiger partial charge in [0.05, 0.1) is 17.1 Å². The number of aromatic nitrogens is 2. The lowest BCUT2D eigenvalue weighted by Gasteiger charge is -2.17. The fourth-order valence-corrected chi connectivity index (χ4v) is 2.95. The van der Waals surface area contributed by atoms with Crippen LogP contribution in [0.15, 0.2) is 48.5 Å². The number of aliphatic hydroxyl groups is 1. The molecule has 0 saturated heterocycles. The van der Waals surface area contributed by atoms with Crippen molar-refractivity contribution in [2.24, 2.45) is 0 Å². The summed E-state index contributed by atoms with van der Waals surface area (Å²) in [5, 5.41) is 9.71. The van der Waals surface area contributed by atoms with Gasteiger partial charge in [0.1, 0.15) is 12.4 Å². The number of hydrogen-bond donors (Lipinski definition) is 1. The van der Waals surface area contributed by atoms with E-state index in [4.69, 9.17) is 0 Å².